The summed E-state index contributed by atoms with van der Waals surface area (Å²) in [7, 11) is 0. The van der Waals surface area contributed by atoms with Gasteiger partial charge in [0, 0.05) is 30.0 Å². The number of nitrogen functional groups attached to an aromatic ring is 1. The maximum Gasteiger partial charge on any atom is 0.273 e. The molecule has 2 atom stereocenters. The van der Waals surface area contributed by atoms with Crippen molar-refractivity contribution < 1.29 is 19.3 Å². The summed E-state index contributed by atoms with van der Waals surface area (Å²) in [6.07, 6.45) is 1.57. The molecule has 4 aromatic carbocycles. The van der Waals surface area contributed by atoms with E-state index in [4.69, 9.17) is 5.73 Å². The van der Waals surface area contributed by atoms with E-state index in [2.05, 4.69) is 10.5 Å². The third-order valence-corrected chi connectivity index (χ3v) is 8.64. The highest BCUT2D eigenvalue weighted by atomic mass is 16.6. The van der Waals surface area contributed by atoms with Crippen LogP contribution in [-0.4, -0.2) is 28.9 Å². The Kier molecular flexibility index (Phi) is 5.55. The summed E-state index contributed by atoms with van der Waals surface area (Å²) in [5.74, 6) is -3.31. The summed E-state index contributed by atoms with van der Waals surface area (Å²) in [6, 6.07) is 27.4. The lowest BCUT2D eigenvalue weighted by atomic mass is 9.47. The first-order valence-electron chi connectivity index (χ1n) is 13.3. The van der Waals surface area contributed by atoms with Crippen LogP contribution in [0.1, 0.15) is 38.5 Å². The Morgan fingerprint density at radius 1 is 0.881 bits per heavy atom. The third-order valence-electron chi connectivity index (χ3n) is 8.64. The average Bonchev–Trinajstić information content (AvgIpc) is 3.28. The number of hydrogen-bond acceptors (Lipinski definition) is 7. The largest absolute Gasteiger partial charge is 0.398 e. The van der Waals surface area contributed by atoms with Gasteiger partial charge >= 0.3 is 0 Å². The van der Waals surface area contributed by atoms with Gasteiger partial charge in [0.05, 0.1) is 33.4 Å². The van der Waals surface area contributed by atoms with Crippen LogP contribution in [0.15, 0.2) is 102 Å². The Morgan fingerprint density at radius 2 is 1.48 bits per heavy atom. The van der Waals surface area contributed by atoms with Gasteiger partial charge < -0.3 is 5.73 Å². The molecule has 10 heteroatoms. The molecular formula is C32H23N5O5. The lowest BCUT2D eigenvalue weighted by Gasteiger charge is -2.52. The van der Waals surface area contributed by atoms with Gasteiger partial charge in [0.2, 0.25) is 11.8 Å². The summed E-state index contributed by atoms with van der Waals surface area (Å²) < 4.78 is 0. The number of imide groups is 1. The maximum atomic E-state index is 14.4. The van der Waals surface area contributed by atoms with E-state index in [1.165, 1.54) is 24.3 Å². The van der Waals surface area contributed by atoms with Gasteiger partial charge in [0.1, 0.15) is 0 Å². The van der Waals surface area contributed by atoms with Gasteiger partial charge in [0.15, 0.2) is 0 Å². The van der Waals surface area contributed by atoms with Crippen LogP contribution >= 0.6 is 0 Å². The summed E-state index contributed by atoms with van der Waals surface area (Å²) in [5, 5.41) is 15.6. The van der Waals surface area contributed by atoms with Crippen molar-refractivity contribution in [3.63, 3.8) is 0 Å². The topological polar surface area (TPSA) is 148 Å². The van der Waals surface area contributed by atoms with Crippen LogP contribution in [0, 0.1) is 22.0 Å². The van der Waals surface area contributed by atoms with Gasteiger partial charge in [0.25, 0.3) is 11.6 Å². The summed E-state index contributed by atoms with van der Waals surface area (Å²) in [5.41, 5.74) is 11.5. The first-order chi connectivity index (χ1) is 20.3. The van der Waals surface area contributed by atoms with Crippen LogP contribution in [0.2, 0.25) is 0 Å². The molecule has 42 heavy (non-hydrogen) atoms. The fraction of sp³-hybridized carbons (Fsp3) is 0.125. The minimum Gasteiger partial charge on any atom is -0.398 e. The zero-order valence-corrected chi connectivity index (χ0v) is 22.0. The normalized spacial score (nSPS) is 23.4. The van der Waals surface area contributed by atoms with E-state index in [0.29, 0.717) is 5.69 Å². The monoisotopic (exact) mass is 557 g/mol. The van der Waals surface area contributed by atoms with E-state index < -0.39 is 34.0 Å². The Morgan fingerprint density at radius 3 is 2.10 bits per heavy atom. The molecule has 0 radical (unpaired) electrons. The highest BCUT2D eigenvalue weighted by Crippen LogP contribution is 2.63. The molecule has 0 spiro atoms. The summed E-state index contributed by atoms with van der Waals surface area (Å²) >= 11 is 0. The van der Waals surface area contributed by atoms with Crippen LogP contribution in [0.3, 0.4) is 0 Å². The van der Waals surface area contributed by atoms with Gasteiger partial charge in [-0.1, -0.05) is 60.7 Å². The number of amides is 3. The second-order valence-corrected chi connectivity index (χ2v) is 10.6. The number of hydrogen-bond donors (Lipinski definition) is 2. The number of para-hydroxylation sites is 1. The predicted molar refractivity (Wildman–Crippen MR) is 155 cm³/mol. The quantitative estimate of drug-likeness (QED) is 0.124. The third kappa shape index (κ3) is 3.38. The smallest absolute Gasteiger partial charge is 0.273 e. The Balaban J connectivity index is 1.39. The van der Waals surface area contributed by atoms with Gasteiger partial charge in [-0.05, 0) is 46.5 Å². The van der Waals surface area contributed by atoms with Gasteiger partial charge in [-0.15, -0.1) is 0 Å². The molecule has 1 heterocycles. The lowest BCUT2D eigenvalue weighted by molar-refractivity contribution is -0.384. The average molecular weight is 558 g/mol. The molecule has 1 aliphatic heterocycles. The van der Waals surface area contributed by atoms with E-state index in [9.17, 15) is 24.5 Å². The molecule has 3 N–H and O–H groups in total. The number of carbonyl (C=O) groups is 3. The lowest BCUT2D eigenvalue weighted by Crippen LogP contribution is -2.54. The van der Waals surface area contributed by atoms with Crippen LogP contribution in [0.5, 0.6) is 0 Å². The van der Waals surface area contributed by atoms with Gasteiger partial charge in [-0.25, -0.2) is 10.3 Å². The molecule has 10 nitrogen and oxygen atoms in total. The van der Waals surface area contributed by atoms with Gasteiger partial charge in [-0.3, -0.25) is 24.5 Å². The zero-order chi connectivity index (χ0) is 29.2. The summed E-state index contributed by atoms with van der Waals surface area (Å²) in [6.45, 7) is 0. The molecular weight excluding hydrogens is 534 g/mol. The van der Waals surface area contributed by atoms with E-state index in [0.717, 1.165) is 27.2 Å². The summed E-state index contributed by atoms with van der Waals surface area (Å²) in [4.78, 5) is 53.3. The van der Waals surface area contributed by atoms with E-state index in [1.54, 1.807) is 30.5 Å². The van der Waals surface area contributed by atoms with Crippen LogP contribution in [0.25, 0.3) is 0 Å². The number of non-ortho nitro benzene ring substituents is 1. The number of nitro groups is 1. The first-order valence-corrected chi connectivity index (χ1v) is 13.3. The fourth-order valence-corrected chi connectivity index (χ4v) is 6.98. The molecule has 0 unspecified atom stereocenters. The molecule has 0 aromatic heterocycles. The minimum atomic E-state index is -1.18. The highest BCUT2D eigenvalue weighted by molar-refractivity contribution is 6.25. The first kappa shape index (κ1) is 25.3. The standard InChI is InChI=1S/C32H23N5O5/c33-25-12-6-3-9-22(25)29(38)35-34-17-32-23-10-4-1-7-20(23)26(21-8-2-5-11-24(21)32)27-28(32)31(40)36(30(27)39)18-13-15-19(16-14-18)37(41)42/h1-17,26-28H,33H2,(H,35,38)/b34-17-/t26?,27-,28+,32?/m1/s1. The second-order valence-electron chi connectivity index (χ2n) is 10.6. The van der Waals surface area contributed by atoms with Crippen molar-refractivity contribution in [3.8, 4) is 0 Å². The number of carbonyl (C=O) groups excluding carboxylic acids is 3. The van der Waals surface area contributed by atoms with Crippen molar-refractivity contribution in [2.75, 3.05) is 10.6 Å². The van der Waals surface area contributed by atoms with Gasteiger partial charge in [-0.2, -0.15) is 5.10 Å². The number of nitro benzene ring substituents is 1. The Bertz CT molecular complexity index is 1800. The maximum absolute atomic E-state index is 14.4. The Labute approximate surface area is 239 Å². The van der Waals surface area contributed by atoms with E-state index in [-0.39, 0.29) is 28.8 Å². The predicted octanol–water partition coefficient (Wildman–Crippen LogP) is 4.14. The number of nitrogens with two attached hydrogens (primary N) is 1. The number of benzene rings is 4. The van der Waals surface area contributed by atoms with Crippen molar-refractivity contribution in [3.05, 3.63) is 135 Å². The molecule has 1 saturated heterocycles. The van der Waals surface area contributed by atoms with Crippen molar-refractivity contribution in [2.45, 2.75) is 11.3 Å². The Hall–Kier alpha value is -5.64. The molecule has 4 aliphatic rings. The van der Waals surface area contributed by atoms with E-state index >= 15 is 0 Å². The minimum absolute atomic E-state index is 0.145. The fourth-order valence-electron chi connectivity index (χ4n) is 6.98. The SMILES string of the molecule is Nc1ccccc1C(=O)N/N=C\C12c3ccccc3C(c3ccccc31)[C@H]1C(=O)N(c3ccc([N+](=O)[O-])cc3)C(=O)[C@H]12. The molecule has 4 aromatic rings. The molecule has 206 valence electrons. The van der Waals surface area contributed by atoms with Crippen LogP contribution in [0.4, 0.5) is 17.1 Å². The second kappa shape index (κ2) is 9.20. The highest BCUT2D eigenvalue weighted by Gasteiger charge is 2.68. The number of anilines is 2. The van der Waals surface area contributed by atoms with Crippen molar-refractivity contribution in [2.24, 2.45) is 16.9 Å². The van der Waals surface area contributed by atoms with Crippen molar-refractivity contribution in [1.82, 2.24) is 5.43 Å². The molecule has 3 amide bonds. The molecule has 0 saturated carbocycles. The molecule has 3 aliphatic carbocycles. The number of hydrazone groups is 1. The van der Waals surface area contributed by atoms with E-state index in [1.807, 2.05) is 48.5 Å². The molecule has 1 fully saturated rings. The number of nitrogens with one attached hydrogen (secondary N) is 1. The molecule has 2 bridgehead atoms. The number of rotatable bonds is 5. The van der Waals surface area contributed by atoms with Crippen LogP contribution in [-0.2, 0) is 15.0 Å². The van der Waals surface area contributed by atoms with Crippen LogP contribution < -0.4 is 16.1 Å². The zero-order valence-electron chi connectivity index (χ0n) is 22.0. The molecule has 8 rings (SSSR count). The number of nitrogens with zero attached hydrogens (tertiary/aromatic N) is 3. The van der Waals surface area contributed by atoms with Crippen molar-refractivity contribution >= 4 is 41.0 Å². The van der Waals surface area contributed by atoms with Crippen molar-refractivity contribution in [1.29, 1.82) is 0 Å².